The first-order valence-corrected chi connectivity index (χ1v) is 16.3. The number of halogens is 6. The first kappa shape index (κ1) is 32.3. The van der Waals surface area contributed by atoms with Crippen molar-refractivity contribution in [2.75, 3.05) is 5.32 Å². The largest absolute Gasteiger partial charge is 0.416 e. The molecule has 1 N–H and O–H groups in total. The van der Waals surface area contributed by atoms with E-state index in [4.69, 9.17) is 15.0 Å². The van der Waals surface area contributed by atoms with Crippen molar-refractivity contribution in [2.24, 2.45) is 9.98 Å². The van der Waals surface area contributed by atoms with Crippen LogP contribution in [0.1, 0.15) is 40.4 Å². The molecule has 1 unspecified atom stereocenters. The number of rotatable bonds is 2. The molecule has 2 heterocycles. The number of aromatic nitrogens is 2. The van der Waals surface area contributed by atoms with E-state index >= 15 is 0 Å². The van der Waals surface area contributed by atoms with Gasteiger partial charge in [-0.15, -0.1) is 0 Å². The molecule has 2 aliphatic carbocycles. The van der Waals surface area contributed by atoms with E-state index in [1.807, 2.05) is 43.4 Å². The molecule has 12 heteroatoms. The maximum Gasteiger partial charge on any atom is 0.416 e. The van der Waals surface area contributed by atoms with Crippen LogP contribution in [0.15, 0.2) is 114 Å². The number of hydrogen-bond acceptors (Lipinski definition) is 6. The van der Waals surface area contributed by atoms with Gasteiger partial charge in [0.1, 0.15) is 16.9 Å². The third-order valence-corrected chi connectivity index (χ3v) is 10.0. The molecule has 6 nitrogen and oxygen atoms in total. The normalized spacial score (nSPS) is 17.7. The standard InChI is InChI=1S/C41H22F6N6/c1-20-28-15-24(22-5-11-26(12-6-22)41(45,46)47)8-14-30(28)39(2)38(20)52-33-17-31-32(18-34(33)53-39)51-37-35(49-19-48)29-16-23(7-13-27(29)36(37)50-31)21-3-9-25(10-4-21)40(42,43)44/h3-18,53H,1H2,2H3. The Morgan fingerprint density at radius 2 is 1.23 bits per heavy atom. The van der Waals surface area contributed by atoms with Gasteiger partial charge in [-0.05, 0) is 94.4 Å². The minimum atomic E-state index is -4.45. The number of aliphatic imine (C=N–C) groups is 2. The predicted octanol–water partition coefficient (Wildman–Crippen LogP) is 10.7. The Labute approximate surface area is 297 Å². The van der Waals surface area contributed by atoms with Crippen molar-refractivity contribution in [3.05, 3.63) is 137 Å². The zero-order chi connectivity index (χ0) is 37.0. The number of nitrogens with zero attached hydrogens (tertiary/aromatic N) is 5. The zero-order valence-electron chi connectivity index (χ0n) is 27.4. The Kier molecular flexibility index (Phi) is 6.67. The molecule has 0 saturated heterocycles. The maximum absolute atomic E-state index is 13.2. The van der Waals surface area contributed by atoms with E-state index in [0.717, 1.165) is 41.0 Å². The molecular weight excluding hydrogens is 690 g/mol. The number of benzene rings is 5. The lowest BCUT2D eigenvalue weighted by Crippen LogP contribution is -2.38. The quantitative estimate of drug-likeness (QED) is 0.143. The van der Waals surface area contributed by atoms with Gasteiger partial charge < -0.3 is 5.32 Å². The Balaban J connectivity index is 1.09. The summed E-state index contributed by atoms with van der Waals surface area (Å²) < 4.78 is 79.0. The van der Waals surface area contributed by atoms with Crippen LogP contribution in [0, 0.1) is 11.5 Å². The van der Waals surface area contributed by atoms with Gasteiger partial charge >= 0.3 is 12.4 Å². The summed E-state index contributed by atoms with van der Waals surface area (Å²) in [5.74, 6) is 0. The number of anilines is 1. The van der Waals surface area contributed by atoms with Gasteiger partial charge in [-0.2, -0.15) is 36.6 Å². The lowest BCUT2D eigenvalue weighted by Gasteiger charge is -2.33. The van der Waals surface area contributed by atoms with E-state index in [1.54, 1.807) is 18.2 Å². The smallest absolute Gasteiger partial charge is 0.369 e. The molecule has 6 aromatic rings. The van der Waals surface area contributed by atoms with Crippen LogP contribution in [0.5, 0.6) is 0 Å². The third kappa shape index (κ3) is 4.95. The van der Waals surface area contributed by atoms with Gasteiger partial charge in [0.15, 0.2) is 0 Å². The van der Waals surface area contributed by atoms with Gasteiger partial charge in [0.2, 0.25) is 6.19 Å². The average molecular weight is 713 g/mol. The van der Waals surface area contributed by atoms with E-state index in [0.29, 0.717) is 78.6 Å². The van der Waals surface area contributed by atoms with Crippen molar-refractivity contribution in [3.63, 3.8) is 0 Å². The summed E-state index contributed by atoms with van der Waals surface area (Å²) in [7, 11) is 0. The van der Waals surface area contributed by atoms with Crippen LogP contribution in [0.2, 0.25) is 0 Å². The minimum absolute atomic E-state index is 0.309. The molecule has 258 valence electrons. The fourth-order valence-corrected chi connectivity index (χ4v) is 7.42. The second-order valence-electron chi connectivity index (χ2n) is 13.2. The Morgan fingerprint density at radius 3 is 1.83 bits per heavy atom. The van der Waals surface area contributed by atoms with Crippen LogP contribution in [-0.2, 0) is 17.9 Å². The van der Waals surface area contributed by atoms with E-state index in [-0.39, 0.29) is 0 Å². The topological polar surface area (TPSA) is 86.3 Å². The Bertz CT molecular complexity index is 2700. The molecule has 0 saturated carbocycles. The number of nitrogens with one attached hydrogen (secondary N) is 1. The highest BCUT2D eigenvalue weighted by atomic mass is 19.4. The highest BCUT2D eigenvalue weighted by Crippen LogP contribution is 2.50. The number of hydrogen-bond donors (Lipinski definition) is 1. The SMILES string of the molecule is C=C1C2=Nc3cc4nc5c(nc4cc3NC2(C)c2ccc(-c3ccc(C(F)(F)F)cc3)cc21)C(=NC#N)c1cc(-c2ccc(C(F)(F)F)cc2)ccc1-5. The second-order valence-corrected chi connectivity index (χ2v) is 13.2. The fourth-order valence-electron chi connectivity index (χ4n) is 7.42. The van der Waals surface area contributed by atoms with Gasteiger partial charge in [0.05, 0.1) is 44.9 Å². The van der Waals surface area contributed by atoms with Gasteiger partial charge in [0.25, 0.3) is 0 Å². The molecule has 1 aromatic heterocycles. The molecule has 0 radical (unpaired) electrons. The fraction of sp³-hybridized carbons (Fsp3) is 0.0976. The van der Waals surface area contributed by atoms with Gasteiger partial charge in [0, 0.05) is 11.1 Å². The number of nitriles is 1. The molecule has 9 rings (SSSR count). The van der Waals surface area contributed by atoms with Crippen LogP contribution >= 0.6 is 0 Å². The summed E-state index contributed by atoms with van der Waals surface area (Å²) in [5, 5.41) is 13.2. The summed E-state index contributed by atoms with van der Waals surface area (Å²) in [6, 6.07) is 24.6. The van der Waals surface area contributed by atoms with E-state index in [9.17, 15) is 31.6 Å². The zero-order valence-corrected chi connectivity index (χ0v) is 27.4. The highest BCUT2D eigenvalue weighted by Gasteiger charge is 2.45. The second kappa shape index (κ2) is 10.9. The van der Waals surface area contributed by atoms with Gasteiger partial charge in [-0.1, -0.05) is 55.1 Å². The van der Waals surface area contributed by atoms with Crippen molar-refractivity contribution >= 4 is 39.4 Å². The van der Waals surface area contributed by atoms with Crippen molar-refractivity contribution in [1.29, 1.82) is 5.26 Å². The molecule has 0 spiro atoms. The Hall–Kier alpha value is -6.61. The van der Waals surface area contributed by atoms with E-state index < -0.39 is 29.0 Å². The van der Waals surface area contributed by atoms with Crippen molar-refractivity contribution < 1.29 is 26.3 Å². The van der Waals surface area contributed by atoms with E-state index in [1.165, 1.54) is 24.3 Å². The van der Waals surface area contributed by atoms with Crippen LogP contribution in [0.4, 0.5) is 37.7 Å². The molecule has 53 heavy (non-hydrogen) atoms. The average Bonchev–Trinajstić information content (AvgIpc) is 3.54. The molecule has 0 amide bonds. The van der Waals surface area contributed by atoms with Crippen molar-refractivity contribution in [3.8, 4) is 39.7 Å². The predicted molar refractivity (Wildman–Crippen MR) is 191 cm³/mol. The summed E-state index contributed by atoms with van der Waals surface area (Å²) in [5.41, 5.74) is 8.31. The van der Waals surface area contributed by atoms with Crippen LogP contribution in [-0.4, -0.2) is 21.4 Å². The monoisotopic (exact) mass is 712 g/mol. The molecule has 0 fully saturated rings. The van der Waals surface area contributed by atoms with Gasteiger partial charge in [-0.25, -0.2) is 15.0 Å². The molecule has 0 bridgehead atoms. The molecule has 5 aromatic carbocycles. The first-order chi connectivity index (χ1) is 25.2. The number of fused-ring (bicyclic) bond motifs is 8. The van der Waals surface area contributed by atoms with E-state index in [2.05, 4.69) is 16.9 Å². The van der Waals surface area contributed by atoms with Crippen molar-refractivity contribution in [1.82, 2.24) is 9.97 Å². The van der Waals surface area contributed by atoms with Crippen LogP contribution in [0.25, 0.3) is 50.1 Å². The lowest BCUT2D eigenvalue weighted by molar-refractivity contribution is -0.138. The molecule has 3 aliphatic rings. The summed E-state index contributed by atoms with van der Waals surface area (Å²) in [6.45, 7) is 6.34. The van der Waals surface area contributed by atoms with Crippen LogP contribution in [0.3, 0.4) is 0 Å². The third-order valence-electron chi connectivity index (χ3n) is 10.0. The first-order valence-electron chi connectivity index (χ1n) is 16.3. The Morgan fingerprint density at radius 1 is 0.679 bits per heavy atom. The summed E-state index contributed by atoms with van der Waals surface area (Å²) >= 11 is 0. The van der Waals surface area contributed by atoms with Crippen LogP contribution < -0.4 is 5.32 Å². The van der Waals surface area contributed by atoms with Crippen molar-refractivity contribution in [2.45, 2.75) is 24.8 Å². The number of alkyl halides is 6. The van der Waals surface area contributed by atoms with Gasteiger partial charge in [-0.3, -0.25) is 0 Å². The maximum atomic E-state index is 13.2. The molecule has 1 aliphatic heterocycles. The highest BCUT2D eigenvalue weighted by molar-refractivity contribution is 6.34. The molecule has 1 atom stereocenters. The minimum Gasteiger partial charge on any atom is -0.369 e. The summed E-state index contributed by atoms with van der Waals surface area (Å²) in [6.07, 6.45) is -7.03. The molecular formula is C41H22F6N6. The summed E-state index contributed by atoms with van der Waals surface area (Å²) in [4.78, 5) is 19.0. The lowest BCUT2D eigenvalue weighted by atomic mass is 9.89.